The third kappa shape index (κ3) is 3.76. The summed E-state index contributed by atoms with van der Waals surface area (Å²) < 4.78 is 29.2. The molecule has 2 rings (SSSR count). The number of ether oxygens (including phenoxy) is 3. The number of halogens is 1. The van der Waals surface area contributed by atoms with E-state index in [1.807, 2.05) is 0 Å². The lowest BCUT2D eigenvalue weighted by molar-refractivity contribution is -0.115. The van der Waals surface area contributed by atoms with Gasteiger partial charge in [-0.1, -0.05) is 12.1 Å². The van der Waals surface area contributed by atoms with Crippen LogP contribution in [0.1, 0.15) is 11.1 Å². The molecular weight excluding hydrogens is 313 g/mol. The lowest BCUT2D eigenvalue weighted by Gasteiger charge is -2.16. The van der Waals surface area contributed by atoms with Crippen LogP contribution in [0, 0.1) is 12.7 Å². The summed E-state index contributed by atoms with van der Waals surface area (Å²) in [7, 11) is 4.52. The van der Waals surface area contributed by atoms with E-state index in [-0.39, 0.29) is 12.3 Å². The summed E-state index contributed by atoms with van der Waals surface area (Å²) in [6.45, 7) is 1.80. The molecule has 5 nitrogen and oxygen atoms in total. The minimum absolute atomic E-state index is 0.0550. The molecule has 0 aromatic heterocycles. The summed E-state index contributed by atoms with van der Waals surface area (Å²) in [4.78, 5) is 12.3. The van der Waals surface area contributed by atoms with Crippen LogP contribution >= 0.6 is 0 Å². The van der Waals surface area contributed by atoms with Gasteiger partial charge in [0.2, 0.25) is 11.7 Å². The number of carbonyl (C=O) groups is 1. The van der Waals surface area contributed by atoms with Crippen LogP contribution in [0.3, 0.4) is 0 Å². The summed E-state index contributed by atoms with van der Waals surface area (Å²) in [6, 6.07) is 7.69. The quantitative estimate of drug-likeness (QED) is 0.881. The monoisotopic (exact) mass is 333 g/mol. The highest BCUT2D eigenvalue weighted by atomic mass is 19.1. The van der Waals surface area contributed by atoms with Crippen molar-refractivity contribution in [2.45, 2.75) is 13.3 Å². The van der Waals surface area contributed by atoms with Crippen molar-refractivity contribution < 1.29 is 23.4 Å². The molecule has 6 heteroatoms. The molecule has 0 unspecified atom stereocenters. The second-order valence-corrected chi connectivity index (χ2v) is 5.18. The molecule has 2 aromatic rings. The molecule has 1 N–H and O–H groups in total. The number of rotatable bonds is 6. The van der Waals surface area contributed by atoms with Crippen molar-refractivity contribution in [2.24, 2.45) is 0 Å². The fourth-order valence-corrected chi connectivity index (χ4v) is 2.40. The molecule has 0 atom stereocenters. The number of hydrogen-bond donors (Lipinski definition) is 1. The summed E-state index contributed by atoms with van der Waals surface area (Å²) >= 11 is 0. The summed E-state index contributed by atoms with van der Waals surface area (Å²) in [5.41, 5.74) is 1.87. The van der Waals surface area contributed by atoms with Crippen LogP contribution in [0.2, 0.25) is 0 Å². The molecule has 0 aliphatic heterocycles. The number of carbonyl (C=O) groups excluding carboxylic acids is 1. The number of amides is 1. The van der Waals surface area contributed by atoms with Crippen molar-refractivity contribution in [3.63, 3.8) is 0 Å². The van der Waals surface area contributed by atoms with Crippen LogP contribution in [0.25, 0.3) is 0 Å². The number of benzene rings is 2. The zero-order valence-electron chi connectivity index (χ0n) is 14.1. The fraction of sp³-hybridized carbons (Fsp3) is 0.278. The molecule has 2 aromatic carbocycles. The molecule has 0 saturated heterocycles. The van der Waals surface area contributed by atoms with Gasteiger partial charge >= 0.3 is 0 Å². The largest absolute Gasteiger partial charge is 0.493 e. The standard InChI is InChI=1S/C18H20FNO4/c1-11-5-7-13(19)10-14(11)20-16(21)9-12-6-8-15(22-2)18(24-4)17(12)23-3/h5-8,10H,9H2,1-4H3,(H,20,21). The van der Waals surface area contributed by atoms with Crippen LogP contribution < -0.4 is 19.5 Å². The first-order valence-electron chi connectivity index (χ1n) is 7.34. The molecule has 0 aliphatic carbocycles. The Morgan fingerprint density at radius 2 is 1.75 bits per heavy atom. The summed E-state index contributed by atoms with van der Waals surface area (Å²) in [5, 5.41) is 2.71. The van der Waals surface area contributed by atoms with Gasteiger partial charge in [0, 0.05) is 11.3 Å². The van der Waals surface area contributed by atoms with Gasteiger partial charge in [-0.05, 0) is 30.7 Å². The van der Waals surface area contributed by atoms with Crippen LogP contribution in [-0.4, -0.2) is 27.2 Å². The second-order valence-electron chi connectivity index (χ2n) is 5.18. The SMILES string of the molecule is COc1ccc(CC(=O)Nc2cc(F)ccc2C)c(OC)c1OC. The normalized spacial score (nSPS) is 10.2. The highest BCUT2D eigenvalue weighted by molar-refractivity contribution is 5.93. The Labute approximate surface area is 140 Å². The number of methoxy groups -OCH3 is 3. The van der Waals surface area contributed by atoms with Crippen molar-refractivity contribution in [3.05, 3.63) is 47.3 Å². The molecule has 0 radical (unpaired) electrons. The first kappa shape index (κ1) is 17.6. The molecular formula is C18H20FNO4. The molecule has 1 amide bonds. The summed E-state index contributed by atoms with van der Waals surface area (Å²) in [5.74, 6) is 0.684. The number of aryl methyl sites for hydroxylation is 1. The Morgan fingerprint density at radius 1 is 1.04 bits per heavy atom. The highest BCUT2D eigenvalue weighted by Gasteiger charge is 2.18. The van der Waals surface area contributed by atoms with Gasteiger partial charge in [-0.15, -0.1) is 0 Å². The van der Waals surface area contributed by atoms with Gasteiger partial charge < -0.3 is 19.5 Å². The first-order valence-corrected chi connectivity index (χ1v) is 7.34. The lowest BCUT2D eigenvalue weighted by atomic mass is 10.1. The molecule has 0 fully saturated rings. The molecule has 0 aliphatic rings. The van der Waals surface area contributed by atoms with E-state index in [4.69, 9.17) is 14.2 Å². The van der Waals surface area contributed by atoms with Crippen LogP contribution in [0.5, 0.6) is 17.2 Å². The predicted molar refractivity (Wildman–Crippen MR) is 89.6 cm³/mol. The van der Waals surface area contributed by atoms with E-state index in [1.165, 1.54) is 33.5 Å². The van der Waals surface area contributed by atoms with E-state index in [0.717, 1.165) is 5.56 Å². The van der Waals surface area contributed by atoms with Crippen molar-refractivity contribution in [1.82, 2.24) is 0 Å². The maximum absolute atomic E-state index is 13.3. The van der Waals surface area contributed by atoms with Crippen LogP contribution in [-0.2, 0) is 11.2 Å². The van der Waals surface area contributed by atoms with Gasteiger partial charge in [0.15, 0.2) is 11.5 Å². The van der Waals surface area contributed by atoms with E-state index >= 15 is 0 Å². The van der Waals surface area contributed by atoms with E-state index < -0.39 is 5.82 Å². The third-order valence-corrected chi connectivity index (χ3v) is 3.61. The molecule has 0 heterocycles. The van der Waals surface area contributed by atoms with Crippen LogP contribution in [0.4, 0.5) is 10.1 Å². The molecule has 0 saturated carbocycles. The number of hydrogen-bond acceptors (Lipinski definition) is 4. The van der Waals surface area contributed by atoms with Crippen molar-refractivity contribution >= 4 is 11.6 Å². The van der Waals surface area contributed by atoms with E-state index in [2.05, 4.69) is 5.32 Å². The van der Waals surface area contributed by atoms with Gasteiger partial charge in [0.05, 0.1) is 27.8 Å². The van der Waals surface area contributed by atoms with Crippen LogP contribution in [0.15, 0.2) is 30.3 Å². The average Bonchev–Trinajstić information content (AvgIpc) is 2.57. The third-order valence-electron chi connectivity index (χ3n) is 3.61. The van der Waals surface area contributed by atoms with Gasteiger partial charge in [-0.3, -0.25) is 4.79 Å². The number of nitrogens with one attached hydrogen (secondary N) is 1. The minimum Gasteiger partial charge on any atom is -0.493 e. The van der Waals surface area contributed by atoms with Gasteiger partial charge in [0.1, 0.15) is 5.82 Å². The zero-order chi connectivity index (χ0) is 17.7. The molecule has 128 valence electrons. The fourth-order valence-electron chi connectivity index (χ4n) is 2.40. The zero-order valence-corrected chi connectivity index (χ0v) is 14.1. The Morgan fingerprint density at radius 3 is 2.38 bits per heavy atom. The van der Waals surface area contributed by atoms with E-state index in [1.54, 1.807) is 25.1 Å². The lowest BCUT2D eigenvalue weighted by Crippen LogP contribution is -2.16. The second kappa shape index (κ2) is 7.68. The Hall–Kier alpha value is -2.76. The molecule has 0 bridgehead atoms. The topological polar surface area (TPSA) is 56.8 Å². The predicted octanol–water partition coefficient (Wildman–Crippen LogP) is 3.34. The Kier molecular flexibility index (Phi) is 5.63. The maximum Gasteiger partial charge on any atom is 0.228 e. The van der Waals surface area contributed by atoms with E-state index in [9.17, 15) is 9.18 Å². The van der Waals surface area contributed by atoms with Gasteiger partial charge in [-0.2, -0.15) is 0 Å². The number of anilines is 1. The van der Waals surface area contributed by atoms with Crippen molar-refractivity contribution in [3.8, 4) is 17.2 Å². The van der Waals surface area contributed by atoms with Gasteiger partial charge in [0.25, 0.3) is 0 Å². The maximum atomic E-state index is 13.3. The van der Waals surface area contributed by atoms with Crippen molar-refractivity contribution in [2.75, 3.05) is 26.6 Å². The Balaban J connectivity index is 2.24. The van der Waals surface area contributed by atoms with Gasteiger partial charge in [-0.25, -0.2) is 4.39 Å². The minimum atomic E-state index is -0.403. The Bertz CT molecular complexity index is 746. The first-order chi connectivity index (χ1) is 11.5. The smallest absolute Gasteiger partial charge is 0.228 e. The molecule has 0 spiro atoms. The molecule has 24 heavy (non-hydrogen) atoms. The summed E-state index contributed by atoms with van der Waals surface area (Å²) in [6.07, 6.45) is 0.0550. The van der Waals surface area contributed by atoms with Crippen molar-refractivity contribution in [1.29, 1.82) is 0 Å². The van der Waals surface area contributed by atoms with E-state index in [0.29, 0.717) is 28.5 Å². The average molecular weight is 333 g/mol. The highest BCUT2D eigenvalue weighted by Crippen LogP contribution is 2.39.